The molecule has 0 aromatic carbocycles. The first-order valence-corrected chi connectivity index (χ1v) is 12.1. The van der Waals surface area contributed by atoms with Crippen LogP contribution >= 0.6 is 7.75 Å². The van der Waals surface area contributed by atoms with Crippen molar-refractivity contribution in [3.05, 3.63) is 41.5 Å². The lowest BCUT2D eigenvalue weighted by Gasteiger charge is -2.21. The molecule has 3 aromatic heterocycles. The second kappa shape index (κ2) is 9.75. The van der Waals surface area contributed by atoms with Crippen LogP contribution in [0.1, 0.15) is 26.0 Å². The van der Waals surface area contributed by atoms with Crippen molar-refractivity contribution in [2.45, 2.75) is 38.2 Å². The van der Waals surface area contributed by atoms with E-state index >= 15 is 0 Å². The highest BCUT2D eigenvalue weighted by Crippen LogP contribution is 2.45. The minimum absolute atomic E-state index is 0.141. The number of aliphatic hydroxyl groups is 1. The number of nitrogens with zero attached hydrogens (tertiary/aromatic N) is 4. The number of pyridine rings is 1. The molecule has 1 fully saturated rings. The van der Waals surface area contributed by atoms with Crippen molar-refractivity contribution in [1.82, 2.24) is 23.9 Å². The van der Waals surface area contributed by atoms with Gasteiger partial charge in [-0.15, -0.1) is 0 Å². The first kappa shape index (κ1) is 23.6. The van der Waals surface area contributed by atoms with E-state index in [1.807, 2.05) is 6.92 Å². The Morgan fingerprint density at radius 2 is 2.18 bits per heavy atom. The van der Waals surface area contributed by atoms with Gasteiger partial charge >= 0.3 is 7.75 Å². The maximum Gasteiger partial charge on any atom is 0.437 e. The molecule has 0 radical (unpaired) electrons. The first-order chi connectivity index (χ1) is 15.8. The van der Waals surface area contributed by atoms with Crippen molar-refractivity contribution >= 4 is 24.6 Å². The number of nitrogen functional groups attached to an aromatic ring is 1. The number of unbranched alkanes of at least 4 members (excludes halogenated alkanes) is 1. The van der Waals surface area contributed by atoms with Gasteiger partial charge < -0.3 is 34.8 Å². The summed E-state index contributed by atoms with van der Waals surface area (Å²) >= 11 is 0. The standard InChI is InChI=1S/C19H27N6O7P/c1-2-3-6-30-8-12-14(9-31-33(28,29)24-5-4-21-10-24)32-19(17(12)26)25-11-22-16-13(25)7-15(20)23-18(16)27/h4-5,7,10-12,14,17,19,26H,2-3,6,8-9H2,1H3,(H,28,29)(H3,20,23,27)/t12-,14-,17-,19-/m1/s1. The Bertz CT molecular complexity index is 1180. The number of aromatic nitrogens is 5. The highest BCUT2D eigenvalue weighted by atomic mass is 31.2. The van der Waals surface area contributed by atoms with E-state index in [1.165, 1.54) is 35.7 Å². The summed E-state index contributed by atoms with van der Waals surface area (Å²) in [6.45, 7) is 2.42. The predicted molar refractivity (Wildman–Crippen MR) is 117 cm³/mol. The Balaban J connectivity index is 1.57. The molecule has 4 rings (SSSR count). The summed E-state index contributed by atoms with van der Waals surface area (Å²) in [4.78, 5) is 32.7. The molecule has 1 unspecified atom stereocenters. The van der Waals surface area contributed by atoms with E-state index in [0.717, 1.165) is 17.2 Å². The molecule has 0 aliphatic carbocycles. The number of aliphatic hydroxyl groups excluding tert-OH is 1. The van der Waals surface area contributed by atoms with E-state index in [4.69, 9.17) is 19.7 Å². The fourth-order valence-electron chi connectivity index (χ4n) is 3.76. The number of ether oxygens (including phenoxy) is 2. The molecule has 180 valence electrons. The van der Waals surface area contributed by atoms with E-state index in [0.29, 0.717) is 12.1 Å². The van der Waals surface area contributed by atoms with Crippen LogP contribution in [0.15, 0.2) is 35.9 Å². The molecule has 4 heterocycles. The summed E-state index contributed by atoms with van der Waals surface area (Å²) in [6.07, 6.45) is 4.28. The van der Waals surface area contributed by atoms with Gasteiger partial charge in [0.15, 0.2) is 11.7 Å². The van der Waals surface area contributed by atoms with Crippen molar-refractivity contribution in [2.24, 2.45) is 5.92 Å². The summed E-state index contributed by atoms with van der Waals surface area (Å²) in [5.41, 5.74) is 5.85. The molecule has 5 atom stereocenters. The topological polar surface area (TPSA) is 180 Å². The van der Waals surface area contributed by atoms with Crippen LogP contribution in [0.2, 0.25) is 0 Å². The fourth-order valence-corrected chi connectivity index (χ4v) is 4.65. The summed E-state index contributed by atoms with van der Waals surface area (Å²) in [6, 6.07) is 1.53. The number of imidazole rings is 2. The van der Waals surface area contributed by atoms with Crippen molar-refractivity contribution < 1.29 is 28.6 Å². The SMILES string of the molecule is CCCCOC[C@H]1[C@@H](O)[C@H](n2cnc3c(=O)[nH]c(N)cc32)O[C@@H]1COP(=O)(O)n1ccnc1. The van der Waals surface area contributed by atoms with Gasteiger partial charge in [-0.05, 0) is 6.42 Å². The van der Waals surface area contributed by atoms with Crippen LogP contribution in [0.4, 0.5) is 5.82 Å². The monoisotopic (exact) mass is 482 g/mol. The van der Waals surface area contributed by atoms with Gasteiger partial charge in [-0.2, -0.15) is 0 Å². The van der Waals surface area contributed by atoms with Gasteiger partial charge in [-0.3, -0.25) is 9.32 Å². The molecular formula is C19H27N6O7P. The Labute approximate surface area is 188 Å². The average molecular weight is 482 g/mol. The van der Waals surface area contributed by atoms with Gasteiger partial charge in [0.05, 0.1) is 31.2 Å². The molecule has 1 aliphatic rings. The van der Waals surface area contributed by atoms with E-state index in [1.54, 1.807) is 0 Å². The van der Waals surface area contributed by atoms with Crippen molar-refractivity contribution in [3.63, 3.8) is 0 Å². The van der Waals surface area contributed by atoms with Gasteiger partial charge in [0.2, 0.25) is 0 Å². The highest BCUT2D eigenvalue weighted by Gasteiger charge is 2.46. The lowest BCUT2D eigenvalue weighted by Crippen LogP contribution is -2.32. The second-order valence-electron chi connectivity index (χ2n) is 7.82. The van der Waals surface area contributed by atoms with Crippen molar-refractivity contribution in [2.75, 3.05) is 25.6 Å². The molecule has 14 heteroatoms. The maximum absolute atomic E-state index is 12.5. The third-order valence-corrected chi connectivity index (χ3v) is 6.84. The first-order valence-electron chi connectivity index (χ1n) is 10.5. The van der Waals surface area contributed by atoms with E-state index in [2.05, 4.69) is 15.0 Å². The van der Waals surface area contributed by atoms with Crippen LogP contribution in [0.5, 0.6) is 0 Å². The average Bonchev–Trinajstić information content (AvgIpc) is 3.50. The molecule has 1 saturated heterocycles. The van der Waals surface area contributed by atoms with E-state index < -0.39 is 37.7 Å². The number of nitrogens with two attached hydrogens (primary N) is 1. The van der Waals surface area contributed by atoms with E-state index in [-0.39, 0.29) is 24.5 Å². The van der Waals surface area contributed by atoms with Gasteiger partial charge in [-0.1, -0.05) is 13.3 Å². The molecule has 0 saturated carbocycles. The van der Waals surface area contributed by atoms with E-state index in [9.17, 15) is 19.4 Å². The Morgan fingerprint density at radius 3 is 2.91 bits per heavy atom. The lowest BCUT2D eigenvalue weighted by molar-refractivity contribution is -0.0477. The Hall–Kier alpha value is -2.54. The van der Waals surface area contributed by atoms with Crippen LogP contribution in [0, 0.1) is 5.92 Å². The molecule has 13 nitrogen and oxygen atoms in total. The lowest BCUT2D eigenvalue weighted by atomic mass is 9.99. The Kier molecular flexibility index (Phi) is 6.98. The Morgan fingerprint density at radius 1 is 1.36 bits per heavy atom. The molecule has 0 spiro atoms. The molecule has 0 amide bonds. The summed E-state index contributed by atoms with van der Waals surface area (Å²) < 4.78 is 32.1. The summed E-state index contributed by atoms with van der Waals surface area (Å²) in [5.74, 6) is -0.422. The number of hydrogen-bond donors (Lipinski definition) is 4. The zero-order chi connectivity index (χ0) is 23.6. The molecule has 33 heavy (non-hydrogen) atoms. The van der Waals surface area contributed by atoms with Crippen LogP contribution in [0.3, 0.4) is 0 Å². The largest absolute Gasteiger partial charge is 0.437 e. The van der Waals surface area contributed by atoms with Crippen LogP contribution < -0.4 is 11.3 Å². The zero-order valence-corrected chi connectivity index (χ0v) is 18.9. The zero-order valence-electron chi connectivity index (χ0n) is 18.0. The molecule has 5 N–H and O–H groups in total. The highest BCUT2D eigenvalue weighted by molar-refractivity contribution is 7.51. The minimum Gasteiger partial charge on any atom is -0.388 e. The number of fused-ring (bicyclic) bond motifs is 1. The number of rotatable bonds is 10. The molecular weight excluding hydrogens is 455 g/mol. The third-order valence-electron chi connectivity index (χ3n) is 5.54. The van der Waals surface area contributed by atoms with Crippen molar-refractivity contribution in [1.29, 1.82) is 0 Å². The number of aromatic amines is 1. The fraction of sp³-hybridized carbons (Fsp3) is 0.526. The smallest absolute Gasteiger partial charge is 0.388 e. The van der Waals surface area contributed by atoms with Gasteiger partial charge in [-0.25, -0.2) is 18.9 Å². The molecule has 1 aliphatic heterocycles. The van der Waals surface area contributed by atoms with Gasteiger partial charge in [0.1, 0.15) is 18.2 Å². The van der Waals surface area contributed by atoms with Crippen LogP contribution in [0.25, 0.3) is 11.0 Å². The second-order valence-corrected chi connectivity index (χ2v) is 9.52. The number of anilines is 1. The minimum atomic E-state index is -4.19. The van der Waals surface area contributed by atoms with Crippen LogP contribution in [-0.2, 0) is 18.6 Å². The van der Waals surface area contributed by atoms with Crippen molar-refractivity contribution in [3.8, 4) is 0 Å². The predicted octanol–water partition coefficient (Wildman–Crippen LogP) is 0.860. The quantitative estimate of drug-likeness (QED) is 0.239. The normalized spacial score (nSPS) is 24.9. The van der Waals surface area contributed by atoms with Crippen LogP contribution in [-0.4, -0.2) is 65.9 Å². The number of hydrogen-bond acceptors (Lipinski definition) is 9. The maximum atomic E-state index is 12.5. The van der Waals surface area contributed by atoms with Gasteiger partial charge in [0, 0.05) is 31.0 Å². The number of nitrogens with one attached hydrogen (secondary N) is 1. The molecule has 3 aromatic rings. The number of H-pyrrole nitrogens is 1. The third kappa shape index (κ3) is 4.88. The molecule has 0 bridgehead atoms. The van der Waals surface area contributed by atoms with Gasteiger partial charge in [0.25, 0.3) is 5.56 Å². The summed E-state index contributed by atoms with van der Waals surface area (Å²) in [7, 11) is -4.19. The summed E-state index contributed by atoms with van der Waals surface area (Å²) in [5, 5.41) is 11.1.